The Balaban J connectivity index is 0.000000284. The highest BCUT2D eigenvalue weighted by Crippen LogP contribution is 2.26. The molecule has 1 saturated carbocycles. The fraction of sp³-hybridized carbons (Fsp3) is 0.455. The summed E-state index contributed by atoms with van der Waals surface area (Å²) in [4.78, 5) is 29.5. The van der Waals surface area contributed by atoms with Crippen LogP contribution in [-0.4, -0.2) is 42.0 Å². The zero-order chi connectivity index (χ0) is 22.6. The topological polar surface area (TPSA) is 124 Å². The summed E-state index contributed by atoms with van der Waals surface area (Å²) in [5, 5.41) is 0. The molecule has 1 aliphatic carbocycles. The number of morpholine rings is 1. The molecule has 2 aromatic rings. The number of aromatic nitrogens is 2. The number of nitrogen functional groups attached to an aromatic ring is 1. The maximum Gasteiger partial charge on any atom is 0.253 e. The lowest BCUT2D eigenvalue weighted by atomic mass is 9.91. The molecular formula is C22H30FN5O3. The van der Waals surface area contributed by atoms with Crippen molar-refractivity contribution < 1.29 is 18.7 Å². The van der Waals surface area contributed by atoms with E-state index in [1.165, 1.54) is 32.1 Å². The molecule has 1 aromatic heterocycles. The van der Waals surface area contributed by atoms with Gasteiger partial charge in [0.15, 0.2) is 5.82 Å². The highest BCUT2D eigenvalue weighted by Gasteiger charge is 2.21. The summed E-state index contributed by atoms with van der Waals surface area (Å²) in [7, 11) is 0. The SMILES string of the molecule is CC1CCCCC1.NC=O.Nc1ncc(F)c(-c2cccc(N3CCOCC3=O)c2)n1. The van der Waals surface area contributed by atoms with Gasteiger partial charge in [-0.3, -0.25) is 9.59 Å². The van der Waals surface area contributed by atoms with Gasteiger partial charge in [-0.05, 0) is 18.1 Å². The molecule has 9 heteroatoms. The van der Waals surface area contributed by atoms with E-state index in [1.807, 2.05) is 0 Å². The first kappa shape index (κ1) is 24.2. The van der Waals surface area contributed by atoms with Crippen LogP contribution >= 0.6 is 0 Å². The number of ether oxygens (including phenoxy) is 1. The number of anilines is 2. The number of halogens is 1. The highest BCUT2D eigenvalue weighted by molar-refractivity contribution is 5.95. The molecular weight excluding hydrogens is 401 g/mol. The third-order valence-corrected chi connectivity index (χ3v) is 5.07. The number of carbonyl (C=O) groups is 2. The molecule has 8 nitrogen and oxygen atoms in total. The van der Waals surface area contributed by atoms with E-state index in [-0.39, 0.29) is 30.6 Å². The van der Waals surface area contributed by atoms with Crippen molar-refractivity contribution in [2.75, 3.05) is 30.4 Å². The van der Waals surface area contributed by atoms with Crippen molar-refractivity contribution in [3.8, 4) is 11.3 Å². The Labute approximate surface area is 181 Å². The van der Waals surface area contributed by atoms with Crippen LogP contribution < -0.4 is 16.4 Å². The fourth-order valence-electron chi connectivity index (χ4n) is 3.50. The normalized spacial score (nSPS) is 16.5. The Bertz CT molecular complexity index is 859. The van der Waals surface area contributed by atoms with E-state index in [1.54, 1.807) is 29.2 Å². The van der Waals surface area contributed by atoms with Crippen molar-refractivity contribution in [2.24, 2.45) is 11.7 Å². The van der Waals surface area contributed by atoms with Crippen LogP contribution in [0.25, 0.3) is 11.3 Å². The van der Waals surface area contributed by atoms with E-state index >= 15 is 0 Å². The maximum atomic E-state index is 13.8. The van der Waals surface area contributed by atoms with Gasteiger partial charge in [0, 0.05) is 17.8 Å². The van der Waals surface area contributed by atoms with Crippen LogP contribution in [0.15, 0.2) is 30.5 Å². The molecule has 2 amide bonds. The standard InChI is InChI=1S/C14H13FN4O2.C7H14.CH3NO/c15-11-7-17-14(16)18-13(11)9-2-1-3-10(6-9)19-4-5-21-8-12(19)20;1-7-5-3-2-4-6-7;2-1-3/h1-3,6-7H,4-5,8H2,(H2,16,17,18);7H,2-6H2,1H3;1H,(H2,2,3). The van der Waals surface area contributed by atoms with E-state index in [9.17, 15) is 9.18 Å². The molecule has 2 fully saturated rings. The first-order chi connectivity index (χ1) is 15.0. The maximum absolute atomic E-state index is 13.8. The van der Waals surface area contributed by atoms with E-state index < -0.39 is 5.82 Å². The zero-order valence-electron chi connectivity index (χ0n) is 17.8. The van der Waals surface area contributed by atoms with Gasteiger partial charge in [0.05, 0.1) is 12.8 Å². The molecule has 1 aromatic carbocycles. The summed E-state index contributed by atoms with van der Waals surface area (Å²) in [6, 6.07) is 6.94. The fourth-order valence-corrected chi connectivity index (χ4v) is 3.50. The van der Waals surface area contributed by atoms with Gasteiger partial charge in [-0.25, -0.2) is 14.4 Å². The quantitative estimate of drug-likeness (QED) is 0.705. The minimum atomic E-state index is -0.561. The van der Waals surface area contributed by atoms with Crippen molar-refractivity contribution in [3.63, 3.8) is 0 Å². The van der Waals surface area contributed by atoms with Gasteiger partial charge in [0.25, 0.3) is 5.91 Å². The number of hydrogen-bond donors (Lipinski definition) is 2. The number of rotatable bonds is 2. The molecule has 0 unspecified atom stereocenters. The third-order valence-electron chi connectivity index (χ3n) is 5.07. The van der Waals surface area contributed by atoms with Crippen molar-refractivity contribution in [1.82, 2.24) is 9.97 Å². The summed E-state index contributed by atoms with van der Waals surface area (Å²) in [5.41, 5.74) is 11.0. The molecule has 2 heterocycles. The van der Waals surface area contributed by atoms with Crippen LogP contribution in [0.4, 0.5) is 16.0 Å². The zero-order valence-corrected chi connectivity index (χ0v) is 17.8. The van der Waals surface area contributed by atoms with Crippen LogP contribution in [0.3, 0.4) is 0 Å². The Morgan fingerprint density at radius 3 is 2.58 bits per heavy atom. The molecule has 0 spiro atoms. The van der Waals surface area contributed by atoms with Crippen LogP contribution in [0.1, 0.15) is 39.0 Å². The number of nitrogens with zero attached hydrogens (tertiary/aromatic N) is 3. The predicted octanol–water partition coefficient (Wildman–Crippen LogP) is 2.92. The second kappa shape index (κ2) is 12.6. The highest BCUT2D eigenvalue weighted by atomic mass is 19.1. The van der Waals surface area contributed by atoms with Crippen molar-refractivity contribution in [3.05, 3.63) is 36.3 Å². The first-order valence-corrected chi connectivity index (χ1v) is 10.4. The number of benzene rings is 1. The second-order valence-electron chi connectivity index (χ2n) is 7.45. The van der Waals surface area contributed by atoms with Gasteiger partial charge in [-0.1, -0.05) is 51.2 Å². The van der Waals surface area contributed by atoms with E-state index in [4.69, 9.17) is 15.3 Å². The molecule has 0 radical (unpaired) electrons. The monoisotopic (exact) mass is 431 g/mol. The van der Waals surface area contributed by atoms with Crippen LogP contribution in [-0.2, 0) is 14.3 Å². The smallest absolute Gasteiger partial charge is 0.253 e. The minimum absolute atomic E-state index is 0.000693. The number of hydrogen-bond acceptors (Lipinski definition) is 6. The van der Waals surface area contributed by atoms with Crippen LogP contribution in [0, 0.1) is 11.7 Å². The number of nitrogens with two attached hydrogens (primary N) is 2. The van der Waals surface area contributed by atoms with Gasteiger partial charge in [0.1, 0.15) is 12.3 Å². The lowest BCUT2D eigenvalue weighted by molar-refractivity contribution is -0.125. The molecule has 4 rings (SSSR count). The van der Waals surface area contributed by atoms with E-state index in [0.717, 1.165) is 12.1 Å². The Kier molecular flexibility index (Phi) is 9.83. The molecule has 0 atom stereocenters. The lowest BCUT2D eigenvalue weighted by Crippen LogP contribution is -2.41. The summed E-state index contributed by atoms with van der Waals surface area (Å²) in [6.45, 7) is 3.36. The third kappa shape index (κ3) is 7.60. The predicted molar refractivity (Wildman–Crippen MR) is 118 cm³/mol. The van der Waals surface area contributed by atoms with Gasteiger partial charge >= 0.3 is 0 Å². The van der Waals surface area contributed by atoms with Crippen molar-refractivity contribution >= 4 is 24.0 Å². The van der Waals surface area contributed by atoms with Gasteiger partial charge < -0.3 is 21.1 Å². The summed E-state index contributed by atoms with van der Waals surface area (Å²) in [6.07, 6.45) is 8.72. The second-order valence-corrected chi connectivity index (χ2v) is 7.45. The molecule has 1 saturated heterocycles. The Morgan fingerprint density at radius 2 is 1.97 bits per heavy atom. The van der Waals surface area contributed by atoms with Crippen LogP contribution in [0.5, 0.6) is 0 Å². The average molecular weight is 432 g/mol. The van der Waals surface area contributed by atoms with Crippen molar-refractivity contribution in [1.29, 1.82) is 0 Å². The molecule has 168 valence electrons. The number of primary amides is 1. The van der Waals surface area contributed by atoms with Crippen LogP contribution in [0.2, 0.25) is 0 Å². The average Bonchev–Trinajstić information content (AvgIpc) is 2.77. The summed E-state index contributed by atoms with van der Waals surface area (Å²) >= 11 is 0. The number of carbonyl (C=O) groups excluding carboxylic acids is 2. The van der Waals surface area contributed by atoms with Crippen molar-refractivity contribution in [2.45, 2.75) is 39.0 Å². The van der Waals surface area contributed by atoms with Gasteiger partial charge in [-0.15, -0.1) is 0 Å². The number of amides is 2. The first-order valence-electron chi connectivity index (χ1n) is 10.4. The van der Waals surface area contributed by atoms with E-state index in [0.29, 0.717) is 24.4 Å². The minimum Gasteiger partial charge on any atom is -0.372 e. The summed E-state index contributed by atoms with van der Waals surface area (Å²) < 4.78 is 18.9. The lowest BCUT2D eigenvalue weighted by Gasteiger charge is -2.27. The van der Waals surface area contributed by atoms with Gasteiger partial charge in [-0.2, -0.15) is 0 Å². The molecule has 0 bridgehead atoms. The van der Waals surface area contributed by atoms with Gasteiger partial charge in [0.2, 0.25) is 12.4 Å². The molecule has 31 heavy (non-hydrogen) atoms. The Hall–Kier alpha value is -3.07. The largest absolute Gasteiger partial charge is 0.372 e. The molecule has 2 aliphatic rings. The molecule has 1 aliphatic heterocycles. The molecule has 4 N–H and O–H groups in total. The summed E-state index contributed by atoms with van der Waals surface area (Å²) in [5.74, 6) is 0.351. The van der Waals surface area contributed by atoms with E-state index in [2.05, 4.69) is 22.6 Å². The Morgan fingerprint density at radius 1 is 1.26 bits per heavy atom.